The van der Waals surface area contributed by atoms with Crippen molar-refractivity contribution < 1.29 is 19.1 Å². The molecular weight excluding hydrogens is 344 g/mol. The summed E-state index contributed by atoms with van der Waals surface area (Å²) in [5.74, 6) is 0.538. The molecule has 0 bridgehead atoms. The van der Waals surface area contributed by atoms with Gasteiger partial charge >= 0.3 is 0 Å². The lowest BCUT2D eigenvalue weighted by Crippen LogP contribution is -2.28. The van der Waals surface area contributed by atoms with Crippen LogP contribution in [0.25, 0.3) is 0 Å². The molecule has 0 aromatic heterocycles. The first-order valence-electron chi connectivity index (χ1n) is 8.98. The van der Waals surface area contributed by atoms with Crippen molar-refractivity contribution in [1.29, 1.82) is 0 Å². The fourth-order valence-electron chi connectivity index (χ4n) is 3.35. The Bertz CT molecular complexity index is 850. The summed E-state index contributed by atoms with van der Waals surface area (Å²) in [5.41, 5.74) is 2.61. The highest BCUT2D eigenvalue weighted by molar-refractivity contribution is 6.04. The first kappa shape index (κ1) is 18.8. The molecule has 0 aliphatic carbocycles. The van der Waals surface area contributed by atoms with Gasteiger partial charge in [-0.3, -0.25) is 9.59 Å². The first-order chi connectivity index (χ1) is 13.1. The van der Waals surface area contributed by atoms with Crippen LogP contribution in [-0.2, 0) is 16.0 Å². The number of carbonyl (C=O) groups excluding carboxylic acids is 2. The lowest BCUT2D eigenvalue weighted by Gasteiger charge is -2.20. The SMILES string of the molecule is CCc1ccccc1N1CC(C(=O)Nc2ccc(OC)c(OC)c2)CC1=O. The van der Waals surface area contributed by atoms with Crippen LogP contribution in [0.4, 0.5) is 11.4 Å². The minimum Gasteiger partial charge on any atom is -0.493 e. The van der Waals surface area contributed by atoms with E-state index >= 15 is 0 Å². The van der Waals surface area contributed by atoms with E-state index in [1.54, 1.807) is 37.3 Å². The Morgan fingerprint density at radius 2 is 1.89 bits per heavy atom. The second kappa shape index (κ2) is 8.12. The van der Waals surface area contributed by atoms with Gasteiger partial charge in [-0.1, -0.05) is 25.1 Å². The summed E-state index contributed by atoms with van der Waals surface area (Å²) in [6.07, 6.45) is 1.04. The minimum atomic E-state index is -0.393. The van der Waals surface area contributed by atoms with Gasteiger partial charge in [0, 0.05) is 30.4 Å². The standard InChI is InChI=1S/C21H24N2O4/c1-4-14-7-5-6-8-17(14)23-13-15(11-20(23)24)21(25)22-16-9-10-18(26-2)19(12-16)27-3/h5-10,12,15H,4,11,13H2,1-3H3,(H,22,25). The molecule has 6 nitrogen and oxygen atoms in total. The molecule has 142 valence electrons. The van der Waals surface area contributed by atoms with E-state index in [0.29, 0.717) is 23.7 Å². The Morgan fingerprint density at radius 1 is 1.15 bits per heavy atom. The van der Waals surface area contributed by atoms with Gasteiger partial charge in [0.1, 0.15) is 0 Å². The maximum Gasteiger partial charge on any atom is 0.229 e. The zero-order valence-electron chi connectivity index (χ0n) is 15.8. The van der Waals surface area contributed by atoms with Gasteiger partial charge < -0.3 is 19.7 Å². The largest absolute Gasteiger partial charge is 0.493 e. The summed E-state index contributed by atoms with van der Waals surface area (Å²) in [6.45, 7) is 2.44. The molecule has 6 heteroatoms. The molecule has 1 unspecified atom stereocenters. The van der Waals surface area contributed by atoms with Crippen LogP contribution in [0, 0.1) is 5.92 Å². The number of benzene rings is 2. The molecule has 0 spiro atoms. The average Bonchev–Trinajstić information content (AvgIpc) is 3.09. The molecular formula is C21H24N2O4. The van der Waals surface area contributed by atoms with Gasteiger partial charge in [-0.15, -0.1) is 0 Å². The zero-order valence-corrected chi connectivity index (χ0v) is 15.8. The van der Waals surface area contributed by atoms with E-state index in [0.717, 1.165) is 17.7 Å². The number of nitrogens with one attached hydrogen (secondary N) is 1. The quantitative estimate of drug-likeness (QED) is 0.850. The van der Waals surface area contributed by atoms with Crippen LogP contribution in [0.15, 0.2) is 42.5 Å². The lowest BCUT2D eigenvalue weighted by atomic mass is 10.1. The van der Waals surface area contributed by atoms with Gasteiger partial charge in [-0.25, -0.2) is 0 Å². The second-order valence-corrected chi connectivity index (χ2v) is 6.45. The molecule has 2 aromatic carbocycles. The lowest BCUT2D eigenvalue weighted by molar-refractivity contribution is -0.122. The number of ether oxygens (including phenoxy) is 2. The number of aryl methyl sites for hydroxylation is 1. The van der Waals surface area contributed by atoms with Crippen LogP contribution < -0.4 is 19.7 Å². The monoisotopic (exact) mass is 368 g/mol. The number of para-hydroxylation sites is 1. The fraction of sp³-hybridized carbons (Fsp3) is 0.333. The van der Waals surface area contributed by atoms with Crippen LogP contribution in [0.5, 0.6) is 11.5 Å². The third-order valence-corrected chi connectivity index (χ3v) is 4.81. The zero-order chi connectivity index (χ0) is 19.4. The average molecular weight is 368 g/mol. The van der Waals surface area contributed by atoms with Crippen LogP contribution in [-0.4, -0.2) is 32.6 Å². The van der Waals surface area contributed by atoms with E-state index in [2.05, 4.69) is 12.2 Å². The predicted molar refractivity (Wildman–Crippen MR) is 104 cm³/mol. The Labute approximate surface area is 159 Å². The fourth-order valence-corrected chi connectivity index (χ4v) is 3.35. The Kier molecular flexibility index (Phi) is 5.64. The third kappa shape index (κ3) is 3.89. The summed E-state index contributed by atoms with van der Waals surface area (Å²) >= 11 is 0. The van der Waals surface area contributed by atoms with Crippen LogP contribution in [0.3, 0.4) is 0 Å². The van der Waals surface area contributed by atoms with Gasteiger partial charge in [0.05, 0.1) is 20.1 Å². The van der Waals surface area contributed by atoms with Gasteiger partial charge in [0.2, 0.25) is 11.8 Å². The summed E-state index contributed by atoms with van der Waals surface area (Å²) in [4.78, 5) is 26.9. The molecule has 1 saturated heterocycles. The third-order valence-electron chi connectivity index (χ3n) is 4.81. The van der Waals surface area contributed by atoms with Crippen molar-refractivity contribution in [3.63, 3.8) is 0 Å². The number of nitrogens with zero attached hydrogens (tertiary/aromatic N) is 1. The van der Waals surface area contributed by atoms with E-state index in [4.69, 9.17) is 9.47 Å². The van der Waals surface area contributed by atoms with E-state index in [9.17, 15) is 9.59 Å². The van der Waals surface area contributed by atoms with Gasteiger partial charge in [0.25, 0.3) is 0 Å². The number of amides is 2. The second-order valence-electron chi connectivity index (χ2n) is 6.45. The maximum atomic E-state index is 12.7. The van der Waals surface area contributed by atoms with Gasteiger partial charge in [0.15, 0.2) is 11.5 Å². The molecule has 3 rings (SSSR count). The number of rotatable bonds is 6. The highest BCUT2D eigenvalue weighted by Crippen LogP contribution is 2.32. The first-order valence-corrected chi connectivity index (χ1v) is 8.98. The number of carbonyl (C=O) groups is 2. The molecule has 2 amide bonds. The number of anilines is 2. The Morgan fingerprint density at radius 3 is 2.59 bits per heavy atom. The van der Waals surface area contributed by atoms with Crippen LogP contribution in [0.1, 0.15) is 18.9 Å². The summed E-state index contributed by atoms with van der Waals surface area (Å²) in [6, 6.07) is 13.0. The molecule has 0 radical (unpaired) electrons. The molecule has 1 atom stereocenters. The topological polar surface area (TPSA) is 67.9 Å². The molecule has 27 heavy (non-hydrogen) atoms. The molecule has 1 fully saturated rings. The minimum absolute atomic E-state index is 0.0247. The number of methoxy groups -OCH3 is 2. The molecule has 2 aromatic rings. The highest BCUT2D eigenvalue weighted by Gasteiger charge is 2.35. The van der Waals surface area contributed by atoms with Gasteiger partial charge in [-0.2, -0.15) is 0 Å². The predicted octanol–water partition coefficient (Wildman–Crippen LogP) is 3.26. The summed E-state index contributed by atoms with van der Waals surface area (Å²) in [7, 11) is 3.10. The van der Waals surface area contributed by atoms with E-state index in [1.165, 1.54) is 0 Å². The van der Waals surface area contributed by atoms with Crippen molar-refractivity contribution >= 4 is 23.2 Å². The van der Waals surface area contributed by atoms with E-state index < -0.39 is 5.92 Å². The Balaban J connectivity index is 1.73. The summed E-state index contributed by atoms with van der Waals surface area (Å²) < 4.78 is 10.5. The van der Waals surface area contributed by atoms with Crippen molar-refractivity contribution in [3.8, 4) is 11.5 Å². The van der Waals surface area contributed by atoms with E-state index in [-0.39, 0.29) is 18.2 Å². The number of hydrogen-bond acceptors (Lipinski definition) is 4. The smallest absolute Gasteiger partial charge is 0.229 e. The van der Waals surface area contributed by atoms with Crippen LogP contribution >= 0.6 is 0 Å². The molecule has 1 heterocycles. The van der Waals surface area contributed by atoms with Gasteiger partial charge in [-0.05, 0) is 30.2 Å². The van der Waals surface area contributed by atoms with E-state index in [1.807, 2.05) is 24.3 Å². The Hall–Kier alpha value is -3.02. The van der Waals surface area contributed by atoms with Crippen LogP contribution in [0.2, 0.25) is 0 Å². The van der Waals surface area contributed by atoms with Crippen molar-refractivity contribution in [1.82, 2.24) is 0 Å². The molecule has 1 aliphatic rings. The normalized spacial score (nSPS) is 16.3. The number of hydrogen-bond donors (Lipinski definition) is 1. The van der Waals surface area contributed by atoms with Crippen molar-refractivity contribution in [2.24, 2.45) is 5.92 Å². The van der Waals surface area contributed by atoms with Crippen molar-refractivity contribution in [2.45, 2.75) is 19.8 Å². The molecule has 0 saturated carbocycles. The molecule has 1 N–H and O–H groups in total. The summed E-state index contributed by atoms with van der Waals surface area (Å²) in [5, 5.41) is 2.88. The van der Waals surface area contributed by atoms with Crippen molar-refractivity contribution in [2.75, 3.05) is 31.0 Å². The maximum absolute atomic E-state index is 12.7. The van der Waals surface area contributed by atoms with Crippen molar-refractivity contribution in [3.05, 3.63) is 48.0 Å². The molecule has 1 aliphatic heterocycles. The highest BCUT2D eigenvalue weighted by atomic mass is 16.5.